The lowest BCUT2D eigenvalue weighted by molar-refractivity contribution is -0.118. The molecule has 0 amide bonds. The van der Waals surface area contributed by atoms with Crippen molar-refractivity contribution in [1.29, 1.82) is 0 Å². The number of hydrogen-bond donors (Lipinski definition) is 1. The fraction of sp³-hybridized carbons (Fsp3) is 0.364. The summed E-state index contributed by atoms with van der Waals surface area (Å²) >= 11 is 0. The molecule has 0 fully saturated rings. The number of nitrogens with two attached hydrogens (primary N) is 1. The molecule has 1 aliphatic heterocycles. The molecule has 0 bridgehead atoms. The van der Waals surface area contributed by atoms with Gasteiger partial charge in [0.15, 0.2) is 5.78 Å². The summed E-state index contributed by atoms with van der Waals surface area (Å²) in [5.41, 5.74) is 7.65. The molecule has 2 N–H and O–H groups in total. The second kappa shape index (κ2) is 3.42. The molecule has 0 saturated heterocycles. The summed E-state index contributed by atoms with van der Waals surface area (Å²) in [4.78, 5) is 13.7. The molecule has 14 heavy (non-hydrogen) atoms. The number of nitrogens with zero attached hydrogens (tertiary/aromatic N) is 1. The highest BCUT2D eigenvalue weighted by atomic mass is 16.1. The summed E-state index contributed by atoms with van der Waals surface area (Å²) in [7, 11) is 2.00. The van der Waals surface area contributed by atoms with Crippen molar-refractivity contribution in [1.82, 2.24) is 0 Å². The van der Waals surface area contributed by atoms with Gasteiger partial charge >= 0.3 is 0 Å². The first kappa shape index (κ1) is 9.21. The van der Waals surface area contributed by atoms with Crippen molar-refractivity contribution in [2.75, 3.05) is 25.0 Å². The van der Waals surface area contributed by atoms with Crippen LogP contribution in [0.15, 0.2) is 24.3 Å². The number of benzene rings is 1. The minimum Gasteiger partial charge on any atom is -0.373 e. The van der Waals surface area contributed by atoms with Gasteiger partial charge in [0, 0.05) is 19.3 Å². The Labute approximate surface area is 83.5 Å². The van der Waals surface area contributed by atoms with Crippen molar-refractivity contribution in [3.05, 3.63) is 29.8 Å². The van der Waals surface area contributed by atoms with Gasteiger partial charge in [-0.15, -0.1) is 0 Å². The largest absolute Gasteiger partial charge is 0.373 e. The van der Waals surface area contributed by atoms with Gasteiger partial charge in [-0.25, -0.2) is 0 Å². The maximum atomic E-state index is 11.6. The molecule has 2 rings (SSSR count). The number of rotatable bonds is 2. The van der Waals surface area contributed by atoms with Crippen LogP contribution >= 0.6 is 0 Å². The first-order chi connectivity index (χ1) is 6.74. The van der Waals surface area contributed by atoms with Crippen LogP contribution in [0.2, 0.25) is 0 Å². The van der Waals surface area contributed by atoms with Crippen LogP contribution in [0, 0.1) is 0 Å². The average molecular weight is 190 g/mol. The lowest BCUT2D eigenvalue weighted by Gasteiger charge is -2.11. The Kier molecular flexibility index (Phi) is 2.25. The first-order valence-corrected chi connectivity index (χ1v) is 4.77. The van der Waals surface area contributed by atoms with Crippen LogP contribution in [-0.4, -0.2) is 25.9 Å². The van der Waals surface area contributed by atoms with Crippen molar-refractivity contribution < 1.29 is 4.79 Å². The highest BCUT2D eigenvalue weighted by molar-refractivity contribution is 5.91. The maximum Gasteiger partial charge on any atom is 0.155 e. The Bertz CT molecular complexity index is 362. The standard InChI is InChI=1S/C11H14N2O/c1-13-7-9(11(14)6-12)8-4-2-3-5-10(8)13/h2-5,9H,6-7,12H2,1H3. The van der Waals surface area contributed by atoms with Gasteiger partial charge in [0.25, 0.3) is 0 Å². The predicted molar refractivity (Wildman–Crippen MR) is 56.5 cm³/mol. The van der Waals surface area contributed by atoms with Crippen molar-refractivity contribution in [2.45, 2.75) is 5.92 Å². The summed E-state index contributed by atoms with van der Waals surface area (Å²) < 4.78 is 0. The number of likely N-dealkylation sites (N-methyl/N-ethyl adjacent to an activating group) is 1. The third-order valence-corrected chi connectivity index (χ3v) is 2.77. The Hall–Kier alpha value is -1.35. The maximum absolute atomic E-state index is 11.6. The van der Waals surface area contributed by atoms with Gasteiger partial charge in [-0.3, -0.25) is 4.79 Å². The number of para-hydroxylation sites is 1. The molecule has 1 aliphatic rings. The van der Waals surface area contributed by atoms with E-state index in [-0.39, 0.29) is 18.2 Å². The zero-order valence-corrected chi connectivity index (χ0v) is 8.23. The van der Waals surface area contributed by atoms with Crippen LogP contribution in [0.5, 0.6) is 0 Å². The lowest BCUT2D eigenvalue weighted by Crippen LogP contribution is -2.25. The molecule has 0 radical (unpaired) electrons. The SMILES string of the molecule is CN1CC(C(=O)CN)c2ccccc21. The number of carbonyl (C=O) groups is 1. The van der Waals surface area contributed by atoms with Crippen LogP contribution in [0.25, 0.3) is 0 Å². The molecular weight excluding hydrogens is 176 g/mol. The fourth-order valence-electron chi connectivity index (χ4n) is 2.02. The van der Waals surface area contributed by atoms with Gasteiger partial charge < -0.3 is 10.6 Å². The number of ketones is 1. The van der Waals surface area contributed by atoms with Crippen molar-refractivity contribution in [3.63, 3.8) is 0 Å². The fourth-order valence-corrected chi connectivity index (χ4v) is 2.02. The van der Waals surface area contributed by atoms with Crippen LogP contribution in [0.3, 0.4) is 0 Å². The minimum absolute atomic E-state index is 0.0267. The smallest absolute Gasteiger partial charge is 0.155 e. The van der Waals surface area contributed by atoms with Crippen molar-refractivity contribution >= 4 is 11.5 Å². The van der Waals surface area contributed by atoms with Gasteiger partial charge in [-0.2, -0.15) is 0 Å². The molecule has 1 heterocycles. The zero-order chi connectivity index (χ0) is 10.1. The van der Waals surface area contributed by atoms with Gasteiger partial charge in [-0.05, 0) is 11.6 Å². The van der Waals surface area contributed by atoms with E-state index in [1.807, 2.05) is 31.3 Å². The molecule has 0 aliphatic carbocycles. The van der Waals surface area contributed by atoms with Gasteiger partial charge in [-0.1, -0.05) is 18.2 Å². The van der Waals surface area contributed by atoms with Gasteiger partial charge in [0.05, 0.1) is 12.5 Å². The second-order valence-electron chi connectivity index (χ2n) is 3.66. The van der Waals surface area contributed by atoms with Crippen LogP contribution in [-0.2, 0) is 4.79 Å². The summed E-state index contributed by atoms with van der Waals surface area (Å²) in [6.07, 6.45) is 0. The Morgan fingerprint density at radius 3 is 3.00 bits per heavy atom. The zero-order valence-electron chi connectivity index (χ0n) is 8.23. The number of hydrogen-bond acceptors (Lipinski definition) is 3. The van der Waals surface area contributed by atoms with E-state index in [2.05, 4.69) is 4.90 Å². The molecule has 1 atom stereocenters. The quantitative estimate of drug-likeness (QED) is 0.748. The van der Waals surface area contributed by atoms with Crippen molar-refractivity contribution in [3.8, 4) is 0 Å². The van der Waals surface area contributed by atoms with E-state index in [9.17, 15) is 4.79 Å². The van der Waals surface area contributed by atoms with Gasteiger partial charge in [0.1, 0.15) is 0 Å². The topological polar surface area (TPSA) is 46.3 Å². The van der Waals surface area contributed by atoms with E-state index < -0.39 is 0 Å². The van der Waals surface area contributed by atoms with Gasteiger partial charge in [0.2, 0.25) is 0 Å². The molecule has 1 aromatic rings. The third kappa shape index (κ3) is 1.30. The third-order valence-electron chi connectivity index (χ3n) is 2.77. The molecule has 0 aromatic heterocycles. The number of fused-ring (bicyclic) bond motifs is 1. The Morgan fingerprint density at radius 1 is 1.57 bits per heavy atom. The van der Waals surface area contributed by atoms with E-state index in [0.29, 0.717) is 0 Å². The molecular formula is C11H14N2O. The van der Waals surface area contributed by atoms with E-state index in [0.717, 1.165) is 17.8 Å². The molecule has 3 heteroatoms. The minimum atomic E-state index is -0.0267. The number of anilines is 1. The predicted octanol–water partition coefficient (Wildman–Crippen LogP) is 0.748. The van der Waals surface area contributed by atoms with Crippen molar-refractivity contribution in [2.24, 2.45) is 5.73 Å². The molecule has 74 valence electrons. The van der Waals surface area contributed by atoms with Crippen LogP contribution < -0.4 is 10.6 Å². The molecule has 3 nitrogen and oxygen atoms in total. The summed E-state index contributed by atoms with van der Waals surface area (Å²) in [6, 6.07) is 8.01. The summed E-state index contributed by atoms with van der Waals surface area (Å²) in [5, 5.41) is 0. The number of Topliss-reactive ketones (excluding diaryl/α,β-unsaturated/α-hetero) is 1. The second-order valence-corrected chi connectivity index (χ2v) is 3.66. The number of carbonyl (C=O) groups excluding carboxylic acids is 1. The van der Waals surface area contributed by atoms with Crippen LogP contribution in [0.4, 0.5) is 5.69 Å². The van der Waals surface area contributed by atoms with E-state index in [1.165, 1.54) is 0 Å². The molecule has 1 unspecified atom stereocenters. The van der Waals surface area contributed by atoms with Crippen LogP contribution in [0.1, 0.15) is 11.5 Å². The summed E-state index contributed by atoms with van der Waals surface area (Å²) in [5.74, 6) is 0.1000. The first-order valence-electron chi connectivity index (χ1n) is 4.77. The molecule has 1 aromatic carbocycles. The molecule has 0 saturated carbocycles. The van der Waals surface area contributed by atoms with E-state index >= 15 is 0 Å². The highest BCUT2D eigenvalue weighted by Gasteiger charge is 2.30. The Morgan fingerprint density at radius 2 is 2.29 bits per heavy atom. The van der Waals surface area contributed by atoms with E-state index in [4.69, 9.17) is 5.73 Å². The Balaban J connectivity index is 2.39. The normalized spacial score (nSPS) is 19.6. The van der Waals surface area contributed by atoms with E-state index in [1.54, 1.807) is 0 Å². The monoisotopic (exact) mass is 190 g/mol. The highest BCUT2D eigenvalue weighted by Crippen LogP contribution is 2.34. The average Bonchev–Trinajstić information content (AvgIpc) is 2.56. The molecule has 0 spiro atoms. The lowest BCUT2D eigenvalue weighted by atomic mass is 9.97. The summed E-state index contributed by atoms with van der Waals surface area (Å²) in [6.45, 7) is 0.891.